The molecule has 1 aliphatic rings. The largest absolute Gasteiger partial charge is 0.378 e. The molecule has 0 radical (unpaired) electrons. The molecular formula is C13H26N2O2. The molecule has 17 heavy (non-hydrogen) atoms. The summed E-state index contributed by atoms with van der Waals surface area (Å²) in [5, 5.41) is 6.26. The molecule has 0 spiro atoms. The van der Waals surface area contributed by atoms with Gasteiger partial charge in [0.1, 0.15) is 0 Å². The number of amides is 1. The van der Waals surface area contributed by atoms with Crippen LogP contribution in [-0.4, -0.2) is 36.7 Å². The maximum atomic E-state index is 11.8. The van der Waals surface area contributed by atoms with E-state index >= 15 is 0 Å². The van der Waals surface area contributed by atoms with Crippen LogP contribution in [0.25, 0.3) is 0 Å². The van der Waals surface area contributed by atoms with Crippen molar-refractivity contribution in [2.75, 3.05) is 13.2 Å². The van der Waals surface area contributed by atoms with E-state index in [9.17, 15) is 4.79 Å². The Hall–Kier alpha value is -0.610. The molecule has 2 N–H and O–H groups in total. The molecule has 1 fully saturated rings. The molecule has 1 aliphatic heterocycles. The van der Waals surface area contributed by atoms with Gasteiger partial charge in [-0.05, 0) is 47.0 Å². The molecule has 1 saturated heterocycles. The summed E-state index contributed by atoms with van der Waals surface area (Å²) in [4.78, 5) is 11.8. The first-order chi connectivity index (χ1) is 7.79. The molecule has 0 aromatic heterocycles. The van der Waals surface area contributed by atoms with Crippen molar-refractivity contribution in [3.63, 3.8) is 0 Å². The first-order valence-electron chi connectivity index (χ1n) is 6.46. The Kier molecular flexibility index (Phi) is 4.95. The molecule has 0 bridgehead atoms. The number of carbonyl (C=O) groups is 1. The fourth-order valence-electron chi connectivity index (χ4n) is 1.94. The van der Waals surface area contributed by atoms with Crippen molar-refractivity contribution in [2.24, 2.45) is 5.92 Å². The number of hydrogen-bond donors (Lipinski definition) is 2. The smallest absolute Gasteiger partial charge is 0.237 e. The second kappa shape index (κ2) is 5.83. The Morgan fingerprint density at radius 2 is 2.12 bits per heavy atom. The molecule has 3 atom stereocenters. The number of hydrogen-bond acceptors (Lipinski definition) is 3. The SMILES string of the molecule is CC(NCC1CCOC1C)C(=O)NC(C)(C)C. The van der Waals surface area contributed by atoms with Gasteiger partial charge in [-0.1, -0.05) is 0 Å². The molecule has 4 nitrogen and oxygen atoms in total. The van der Waals surface area contributed by atoms with Gasteiger partial charge >= 0.3 is 0 Å². The van der Waals surface area contributed by atoms with E-state index in [4.69, 9.17) is 4.74 Å². The summed E-state index contributed by atoms with van der Waals surface area (Å²) in [7, 11) is 0. The highest BCUT2D eigenvalue weighted by atomic mass is 16.5. The third-order valence-corrected chi connectivity index (χ3v) is 3.11. The molecule has 4 heteroatoms. The lowest BCUT2D eigenvalue weighted by atomic mass is 10.0. The molecule has 1 heterocycles. The van der Waals surface area contributed by atoms with E-state index in [1.807, 2.05) is 27.7 Å². The minimum Gasteiger partial charge on any atom is -0.378 e. The van der Waals surface area contributed by atoms with Crippen molar-refractivity contribution >= 4 is 5.91 Å². The summed E-state index contributed by atoms with van der Waals surface area (Å²) in [5.41, 5.74) is -0.170. The summed E-state index contributed by atoms with van der Waals surface area (Å²) in [5.74, 6) is 0.587. The van der Waals surface area contributed by atoms with Crippen LogP contribution >= 0.6 is 0 Å². The molecule has 1 amide bonds. The van der Waals surface area contributed by atoms with Crippen molar-refractivity contribution in [3.05, 3.63) is 0 Å². The molecule has 0 aromatic carbocycles. The molecule has 100 valence electrons. The van der Waals surface area contributed by atoms with Crippen LogP contribution < -0.4 is 10.6 Å². The van der Waals surface area contributed by atoms with Crippen LogP contribution in [0.3, 0.4) is 0 Å². The monoisotopic (exact) mass is 242 g/mol. The molecule has 0 aromatic rings. The maximum Gasteiger partial charge on any atom is 0.237 e. The van der Waals surface area contributed by atoms with Crippen LogP contribution in [0.5, 0.6) is 0 Å². The van der Waals surface area contributed by atoms with Crippen molar-refractivity contribution in [3.8, 4) is 0 Å². The Morgan fingerprint density at radius 3 is 2.59 bits per heavy atom. The van der Waals surface area contributed by atoms with Gasteiger partial charge in [0.05, 0.1) is 12.1 Å². The fourth-order valence-corrected chi connectivity index (χ4v) is 1.94. The van der Waals surface area contributed by atoms with E-state index in [-0.39, 0.29) is 17.5 Å². The Balaban J connectivity index is 2.29. The van der Waals surface area contributed by atoms with Gasteiger partial charge in [-0.15, -0.1) is 0 Å². The third kappa shape index (κ3) is 5.04. The van der Waals surface area contributed by atoms with Gasteiger partial charge in [0.2, 0.25) is 5.91 Å². The van der Waals surface area contributed by atoms with Gasteiger partial charge in [-0.25, -0.2) is 0 Å². The Morgan fingerprint density at radius 1 is 1.47 bits per heavy atom. The molecular weight excluding hydrogens is 216 g/mol. The summed E-state index contributed by atoms with van der Waals surface area (Å²) < 4.78 is 5.50. The molecule has 3 unspecified atom stereocenters. The number of carbonyl (C=O) groups excluding carboxylic acids is 1. The van der Waals surface area contributed by atoms with Gasteiger partial charge in [0.15, 0.2) is 0 Å². The number of nitrogens with one attached hydrogen (secondary N) is 2. The summed E-state index contributed by atoms with van der Waals surface area (Å²) in [6.07, 6.45) is 1.39. The van der Waals surface area contributed by atoms with E-state index in [2.05, 4.69) is 17.6 Å². The highest BCUT2D eigenvalue weighted by molar-refractivity contribution is 5.81. The lowest BCUT2D eigenvalue weighted by molar-refractivity contribution is -0.124. The zero-order chi connectivity index (χ0) is 13.1. The summed E-state index contributed by atoms with van der Waals surface area (Å²) in [6.45, 7) is 11.7. The summed E-state index contributed by atoms with van der Waals surface area (Å²) >= 11 is 0. The lowest BCUT2D eigenvalue weighted by Gasteiger charge is -2.24. The van der Waals surface area contributed by atoms with Gasteiger partial charge in [0, 0.05) is 18.7 Å². The van der Waals surface area contributed by atoms with E-state index in [1.165, 1.54) is 0 Å². The molecule has 0 aliphatic carbocycles. The predicted octanol–water partition coefficient (Wildman–Crippen LogP) is 1.30. The first-order valence-corrected chi connectivity index (χ1v) is 6.46. The summed E-state index contributed by atoms with van der Waals surface area (Å²) in [6, 6.07) is -0.151. The van der Waals surface area contributed by atoms with Gasteiger partial charge in [-0.3, -0.25) is 4.79 Å². The Labute approximate surface area is 104 Å². The van der Waals surface area contributed by atoms with Crippen molar-refractivity contribution in [1.82, 2.24) is 10.6 Å². The van der Waals surface area contributed by atoms with Gasteiger partial charge in [-0.2, -0.15) is 0 Å². The van der Waals surface area contributed by atoms with Crippen LogP contribution in [0.1, 0.15) is 41.0 Å². The van der Waals surface area contributed by atoms with Crippen LogP contribution in [0.2, 0.25) is 0 Å². The first kappa shape index (κ1) is 14.5. The fraction of sp³-hybridized carbons (Fsp3) is 0.923. The van der Waals surface area contributed by atoms with Crippen molar-refractivity contribution in [2.45, 2.75) is 58.7 Å². The Bertz CT molecular complexity index is 261. The minimum absolute atomic E-state index is 0.0593. The van der Waals surface area contributed by atoms with Crippen LogP contribution in [0.4, 0.5) is 0 Å². The van der Waals surface area contributed by atoms with Crippen molar-refractivity contribution < 1.29 is 9.53 Å². The topological polar surface area (TPSA) is 50.4 Å². The zero-order valence-corrected chi connectivity index (χ0v) is 11.7. The van der Waals surface area contributed by atoms with Gasteiger partial charge < -0.3 is 15.4 Å². The predicted molar refractivity (Wildman–Crippen MR) is 68.9 cm³/mol. The lowest BCUT2D eigenvalue weighted by Crippen LogP contribution is -2.50. The highest BCUT2D eigenvalue weighted by Crippen LogP contribution is 2.19. The number of rotatable bonds is 4. The quantitative estimate of drug-likeness (QED) is 0.781. The molecule has 1 rings (SSSR count). The normalized spacial score (nSPS) is 26.9. The van der Waals surface area contributed by atoms with Crippen LogP contribution in [0, 0.1) is 5.92 Å². The second-order valence-electron chi connectivity index (χ2n) is 5.99. The van der Waals surface area contributed by atoms with E-state index < -0.39 is 0 Å². The average Bonchev–Trinajstić information content (AvgIpc) is 2.57. The zero-order valence-electron chi connectivity index (χ0n) is 11.7. The highest BCUT2D eigenvalue weighted by Gasteiger charge is 2.25. The van der Waals surface area contributed by atoms with E-state index in [0.29, 0.717) is 12.0 Å². The average molecular weight is 242 g/mol. The maximum absolute atomic E-state index is 11.8. The van der Waals surface area contributed by atoms with Crippen LogP contribution in [-0.2, 0) is 9.53 Å². The van der Waals surface area contributed by atoms with Crippen LogP contribution in [0.15, 0.2) is 0 Å². The van der Waals surface area contributed by atoms with Gasteiger partial charge in [0.25, 0.3) is 0 Å². The standard InChI is InChI=1S/C13H26N2O2/c1-9(12(16)15-13(3,4)5)14-8-11-6-7-17-10(11)2/h9-11,14H,6-8H2,1-5H3,(H,15,16). The molecule has 0 saturated carbocycles. The van der Waals surface area contributed by atoms with Crippen molar-refractivity contribution in [1.29, 1.82) is 0 Å². The number of ether oxygens (including phenoxy) is 1. The minimum atomic E-state index is -0.170. The van der Waals surface area contributed by atoms with E-state index in [1.54, 1.807) is 0 Å². The van der Waals surface area contributed by atoms with E-state index in [0.717, 1.165) is 19.6 Å². The third-order valence-electron chi connectivity index (χ3n) is 3.11. The second-order valence-corrected chi connectivity index (χ2v) is 5.99.